The van der Waals surface area contributed by atoms with Gasteiger partial charge >= 0.3 is 0 Å². The first-order valence-corrected chi connectivity index (χ1v) is 9.17. The van der Waals surface area contributed by atoms with E-state index in [0.717, 1.165) is 0 Å². The summed E-state index contributed by atoms with van der Waals surface area (Å²) in [6, 6.07) is 1.58. The number of nitrogens with zero attached hydrogens (tertiary/aromatic N) is 3. The van der Waals surface area contributed by atoms with E-state index in [2.05, 4.69) is 10.6 Å². The van der Waals surface area contributed by atoms with E-state index in [1.165, 1.54) is 16.7 Å². The average Bonchev–Trinajstić information content (AvgIpc) is 3.30. The Balaban J connectivity index is 1.52. The molecule has 3 saturated heterocycles. The zero-order valence-corrected chi connectivity index (χ0v) is 15.3. The van der Waals surface area contributed by atoms with Crippen LogP contribution in [0.15, 0.2) is 18.3 Å². The molecular weight excluding hydrogens is 350 g/mol. The van der Waals surface area contributed by atoms with E-state index in [0.29, 0.717) is 25.1 Å². The number of hydrogen-bond donors (Lipinski definition) is 2. The molecule has 3 fully saturated rings. The molecule has 1 aromatic heterocycles. The summed E-state index contributed by atoms with van der Waals surface area (Å²) in [4.78, 5) is 53.2. The summed E-state index contributed by atoms with van der Waals surface area (Å²) in [6.45, 7) is 2.16. The molecule has 9 heteroatoms. The lowest BCUT2D eigenvalue weighted by molar-refractivity contribution is -0.143. The van der Waals surface area contributed by atoms with Crippen molar-refractivity contribution in [3.63, 3.8) is 0 Å². The fourth-order valence-corrected chi connectivity index (χ4v) is 4.44. The number of hydrogen-bond acceptors (Lipinski definition) is 4. The maximum absolute atomic E-state index is 13.1. The van der Waals surface area contributed by atoms with Crippen molar-refractivity contribution in [2.24, 2.45) is 7.05 Å². The van der Waals surface area contributed by atoms with Gasteiger partial charge in [0.2, 0.25) is 17.7 Å². The lowest BCUT2D eigenvalue weighted by atomic mass is 10.1. The van der Waals surface area contributed by atoms with Gasteiger partial charge in [0, 0.05) is 39.3 Å². The van der Waals surface area contributed by atoms with E-state index in [1.807, 2.05) is 0 Å². The summed E-state index contributed by atoms with van der Waals surface area (Å²) in [7, 11) is 1.78. The topological polar surface area (TPSA) is 104 Å². The maximum Gasteiger partial charge on any atom is 0.268 e. The minimum absolute atomic E-state index is 0.170. The van der Waals surface area contributed by atoms with E-state index < -0.39 is 12.1 Å². The van der Waals surface area contributed by atoms with Gasteiger partial charge < -0.3 is 25.0 Å². The van der Waals surface area contributed by atoms with Crippen molar-refractivity contribution in [1.29, 1.82) is 0 Å². The first-order valence-electron chi connectivity index (χ1n) is 9.17. The Hall–Kier alpha value is -2.84. The highest BCUT2D eigenvalue weighted by Crippen LogP contribution is 2.29. The van der Waals surface area contributed by atoms with Crippen LogP contribution in [0.2, 0.25) is 0 Å². The smallest absolute Gasteiger partial charge is 0.268 e. The number of rotatable bonds is 2. The highest BCUT2D eigenvalue weighted by atomic mass is 16.2. The second kappa shape index (κ2) is 6.40. The van der Waals surface area contributed by atoms with Crippen molar-refractivity contribution in [1.82, 2.24) is 25.0 Å². The molecule has 0 spiro atoms. The third-order valence-electron chi connectivity index (χ3n) is 5.78. The van der Waals surface area contributed by atoms with Crippen LogP contribution in [0.3, 0.4) is 0 Å². The Kier molecular flexibility index (Phi) is 4.16. The molecule has 3 aliphatic rings. The molecule has 4 amide bonds. The Morgan fingerprint density at radius 1 is 1.30 bits per heavy atom. The third-order valence-corrected chi connectivity index (χ3v) is 5.78. The summed E-state index contributed by atoms with van der Waals surface area (Å²) in [5.41, 5.74) is 0.520. The van der Waals surface area contributed by atoms with Crippen molar-refractivity contribution in [2.45, 2.75) is 43.9 Å². The standard InChI is InChI=1S/C18H23N5O4/c1-10(24)22-7-5-12-15(22)18(27)23-9-11(8-14(23)17(26)20-12)19-16(25)13-4-3-6-21(13)2/h3-4,6,11-12,14-15H,5,7-9H2,1-2H3,(H,19,25)(H,20,26)/t11-,12+,14+,15-/m0/s1. The van der Waals surface area contributed by atoms with Gasteiger partial charge in [0.1, 0.15) is 17.8 Å². The number of likely N-dealkylation sites (tertiary alicyclic amines) is 1. The normalized spacial score (nSPS) is 29.9. The number of carbonyl (C=O) groups excluding carboxylic acids is 4. The monoisotopic (exact) mass is 373 g/mol. The Morgan fingerprint density at radius 2 is 2.07 bits per heavy atom. The molecule has 1 aromatic rings. The minimum atomic E-state index is -0.654. The van der Waals surface area contributed by atoms with Crippen molar-refractivity contribution >= 4 is 23.6 Å². The molecule has 27 heavy (non-hydrogen) atoms. The molecule has 4 atom stereocenters. The molecule has 0 aromatic carbocycles. The Morgan fingerprint density at radius 3 is 2.74 bits per heavy atom. The molecular formula is C18H23N5O4. The Labute approximate surface area is 156 Å². The van der Waals surface area contributed by atoms with Gasteiger partial charge in [0.15, 0.2) is 0 Å². The summed E-state index contributed by atoms with van der Waals surface area (Å²) < 4.78 is 1.72. The van der Waals surface area contributed by atoms with Crippen molar-refractivity contribution in [3.05, 3.63) is 24.0 Å². The SMILES string of the molecule is CC(=O)N1CC[C@H]2NC(=O)[C@H]3C[C@H](NC(=O)c4cccn4C)CN3C(=O)[C@H]21. The van der Waals surface area contributed by atoms with Gasteiger partial charge in [-0.2, -0.15) is 0 Å². The van der Waals surface area contributed by atoms with Crippen LogP contribution in [-0.2, 0) is 21.4 Å². The van der Waals surface area contributed by atoms with Crippen LogP contribution >= 0.6 is 0 Å². The van der Waals surface area contributed by atoms with Crippen molar-refractivity contribution in [3.8, 4) is 0 Å². The summed E-state index contributed by atoms with van der Waals surface area (Å²) >= 11 is 0. The van der Waals surface area contributed by atoms with Crippen LogP contribution in [0, 0.1) is 0 Å². The van der Waals surface area contributed by atoms with Crippen molar-refractivity contribution < 1.29 is 19.2 Å². The maximum atomic E-state index is 13.1. The number of fused-ring (bicyclic) bond motifs is 2. The molecule has 144 valence electrons. The zero-order chi connectivity index (χ0) is 19.3. The Bertz CT molecular complexity index is 818. The first kappa shape index (κ1) is 17.6. The summed E-state index contributed by atoms with van der Waals surface area (Å²) in [5.74, 6) is -0.832. The summed E-state index contributed by atoms with van der Waals surface area (Å²) in [5, 5.41) is 5.85. The molecule has 0 bridgehead atoms. The van der Waals surface area contributed by atoms with Crippen LogP contribution in [0.1, 0.15) is 30.3 Å². The van der Waals surface area contributed by atoms with Crippen LogP contribution < -0.4 is 10.6 Å². The fourth-order valence-electron chi connectivity index (χ4n) is 4.44. The lowest BCUT2D eigenvalue weighted by Crippen LogP contribution is -2.52. The van der Waals surface area contributed by atoms with Crippen LogP contribution in [0.25, 0.3) is 0 Å². The van der Waals surface area contributed by atoms with Crippen LogP contribution in [0.4, 0.5) is 0 Å². The van der Waals surface area contributed by atoms with Gasteiger partial charge in [-0.15, -0.1) is 0 Å². The molecule has 2 N–H and O–H groups in total. The minimum Gasteiger partial charge on any atom is -0.349 e. The average molecular weight is 373 g/mol. The molecule has 3 aliphatic heterocycles. The zero-order valence-electron chi connectivity index (χ0n) is 15.3. The molecule has 4 rings (SSSR count). The van der Waals surface area contributed by atoms with Gasteiger partial charge in [-0.25, -0.2) is 0 Å². The molecule has 0 radical (unpaired) electrons. The van der Waals surface area contributed by atoms with E-state index in [9.17, 15) is 19.2 Å². The number of aryl methyl sites for hydroxylation is 1. The number of carbonyl (C=O) groups is 4. The second-order valence-corrected chi connectivity index (χ2v) is 7.48. The third kappa shape index (κ3) is 2.87. The highest BCUT2D eigenvalue weighted by molar-refractivity contribution is 5.97. The van der Waals surface area contributed by atoms with Crippen LogP contribution in [0.5, 0.6) is 0 Å². The van der Waals surface area contributed by atoms with Gasteiger partial charge in [0.25, 0.3) is 5.91 Å². The molecule has 4 heterocycles. The van der Waals surface area contributed by atoms with Gasteiger partial charge in [-0.3, -0.25) is 19.2 Å². The lowest BCUT2D eigenvalue weighted by Gasteiger charge is -2.28. The van der Waals surface area contributed by atoms with E-state index in [4.69, 9.17) is 0 Å². The number of nitrogens with one attached hydrogen (secondary N) is 2. The predicted molar refractivity (Wildman–Crippen MR) is 94.5 cm³/mol. The molecule has 9 nitrogen and oxygen atoms in total. The number of aromatic nitrogens is 1. The molecule has 0 aliphatic carbocycles. The highest BCUT2D eigenvalue weighted by Gasteiger charge is 2.51. The molecule has 0 unspecified atom stereocenters. The fraction of sp³-hybridized carbons (Fsp3) is 0.556. The van der Waals surface area contributed by atoms with Gasteiger partial charge in [-0.1, -0.05) is 0 Å². The molecule has 0 saturated carbocycles. The predicted octanol–water partition coefficient (Wildman–Crippen LogP) is -1.16. The van der Waals surface area contributed by atoms with Crippen molar-refractivity contribution in [2.75, 3.05) is 13.1 Å². The van der Waals surface area contributed by atoms with Gasteiger partial charge in [-0.05, 0) is 25.0 Å². The first-order chi connectivity index (χ1) is 12.9. The largest absolute Gasteiger partial charge is 0.349 e. The van der Waals surface area contributed by atoms with E-state index in [-0.39, 0.29) is 42.3 Å². The van der Waals surface area contributed by atoms with E-state index >= 15 is 0 Å². The number of amides is 4. The quantitative estimate of drug-likeness (QED) is 0.683. The van der Waals surface area contributed by atoms with Gasteiger partial charge in [0.05, 0.1) is 6.04 Å². The van der Waals surface area contributed by atoms with E-state index in [1.54, 1.807) is 29.9 Å². The second-order valence-electron chi connectivity index (χ2n) is 7.48. The van der Waals surface area contributed by atoms with Crippen LogP contribution in [-0.4, -0.2) is 75.3 Å². The summed E-state index contributed by atoms with van der Waals surface area (Å²) in [6.07, 6.45) is 2.73.